The summed E-state index contributed by atoms with van der Waals surface area (Å²) in [4.78, 5) is 25.2. The lowest BCUT2D eigenvalue weighted by molar-refractivity contribution is -0.149. The molecule has 0 saturated heterocycles. The fourth-order valence-corrected chi connectivity index (χ4v) is 8.94. The summed E-state index contributed by atoms with van der Waals surface area (Å²) in [6.45, 7) is 16.1. The third-order valence-electron chi connectivity index (χ3n) is 11.3. The van der Waals surface area contributed by atoms with Crippen molar-refractivity contribution >= 4 is 11.9 Å². The zero-order valence-corrected chi connectivity index (χ0v) is 24.2. The molecule has 4 rings (SSSR count). The fraction of sp³-hybridized carbons (Fsp3) is 0.758. The zero-order chi connectivity index (χ0) is 27.0. The molecule has 0 bridgehead atoms. The van der Waals surface area contributed by atoms with Crippen molar-refractivity contribution in [2.24, 2.45) is 51.8 Å². The number of allylic oxidation sites excluding steroid dienone is 4. The minimum Gasteiger partial charge on any atom is -0.469 e. The molecule has 3 saturated carbocycles. The normalized spacial score (nSPS) is 42.3. The van der Waals surface area contributed by atoms with E-state index in [0.29, 0.717) is 24.4 Å². The molecule has 3 fully saturated rings. The Bertz CT molecular complexity index is 948. The number of fused-ring (bicyclic) bond motifs is 3. The summed E-state index contributed by atoms with van der Waals surface area (Å²) in [5.74, 6) is 1.37. The molecule has 206 valence electrons. The van der Waals surface area contributed by atoms with Crippen LogP contribution in [0.4, 0.5) is 0 Å². The van der Waals surface area contributed by atoms with Crippen molar-refractivity contribution < 1.29 is 19.1 Å². The van der Waals surface area contributed by atoms with E-state index in [1.54, 1.807) is 11.6 Å². The van der Waals surface area contributed by atoms with Gasteiger partial charge in [-0.3, -0.25) is 4.79 Å². The van der Waals surface area contributed by atoms with Gasteiger partial charge >= 0.3 is 11.9 Å². The number of esters is 2. The van der Waals surface area contributed by atoms with Crippen LogP contribution in [0.15, 0.2) is 36.5 Å². The van der Waals surface area contributed by atoms with Gasteiger partial charge in [0.1, 0.15) is 0 Å². The Labute approximate surface area is 225 Å². The SMILES string of the molecule is C=C[C@@]1(C)CC[C@H]2C(=CC[C@H]3[C@](C)(COC(=O)/C=C/[C@@H](C)[C@H]4CC[C@H](C)[C@H]4C(=O)OC)CCC[C@]23C)C1. The van der Waals surface area contributed by atoms with Crippen LogP contribution in [0.3, 0.4) is 0 Å². The highest BCUT2D eigenvalue weighted by Gasteiger charge is 2.55. The third-order valence-corrected chi connectivity index (χ3v) is 11.3. The molecule has 0 N–H and O–H groups in total. The van der Waals surface area contributed by atoms with Gasteiger partial charge in [0.15, 0.2) is 0 Å². The van der Waals surface area contributed by atoms with E-state index in [0.717, 1.165) is 32.1 Å². The Balaban J connectivity index is 1.39. The summed E-state index contributed by atoms with van der Waals surface area (Å²) in [5.41, 5.74) is 2.16. The quantitative estimate of drug-likeness (QED) is 0.200. The lowest BCUT2D eigenvalue weighted by atomic mass is 9.45. The second-order valence-electron chi connectivity index (χ2n) is 13.8. The fourth-order valence-electron chi connectivity index (χ4n) is 8.94. The van der Waals surface area contributed by atoms with Crippen LogP contribution in [0.2, 0.25) is 0 Å². The molecule has 0 amide bonds. The van der Waals surface area contributed by atoms with Gasteiger partial charge in [-0.15, -0.1) is 6.58 Å². The van der Waals surface area contributed by atoms with E-state index in [4.69, 9.17) is 9.47 Å². The van der Waals surface area contributed by atoms with Crippen molar-refractivity contribution in [1.29, 1.82) is 0 Å². The van der Waals surface area contributed by atoms with Crippen molar-refractivity contribution in [3.05, 3.63) is 36.5 Å². The van der Waals surface area contributed by atoms with Gasteiger partial charge in [0.2, 0.25) is 0 Å². The average Bonchev–Trinajstić information content (AvgIpc) is 3.26. The van der Waals surface area contributed by atoms with Gasteiger partial charge in [-0.05, 0) is 91.8 Å². The number of carbonyl (C=O) groups excluding carboxylic acids is 2. The molecule has 4 heteroatoms. The maximum absolute atomic E-state index is 12.8. The second kappa shape index (κ2) is 10.7. The van der Waals surface area contributed by atoms with Crippen LogP contribution < -0.4 is 0 Å². The lowest BCUT2D eigenvalue weighted by Crippen LogP contribution is -2.52. The van der Waals surface area contributed by atoms with Crippen molar-refractivity contribution in [2.45, 2.75) is 92.4 Å². The van der Waals surface area contributed by atoms with Crippen LogP contribution in [0.25, 0.3) is 0 Å². The smallest absolute Gasteiger partial charge is 0.330 e. The van der Waals surface area contributed by atoms with Crippen molar-refractivity contribution in [3.63, 3.8) is 0 Å². The van der Waals surface area contributed by atoms with Gasteiger partial charge in [-0.2, -0.15) is 0 Å². The van der Waals surface area contributed by atoms with E-state index >= 15 is 0 Å². The van der Waals surface area contributed by atoms with E-state index in [1.807, 2.05) is 6.08 Å². The second-order valence-corrected chi connectivity index (χ2v) is 13.8. The summed E-state index contributed by atoms with van der Waals surface area (Å²) in [7, 11) is 1.47. The summed E-state index contributed by atoms with van der Waals surface area (Å²) >= 11 is 0. The molecule has 0 aromatic carbocycles. The van der Waals surface area contributed by atoms with E-state index in [9.17, 15) is 9.59 Å². The molecule has 0 radical (unpaired) electrons. The molecule has 0 aromatic rings. The third kappa shape index (κ3) is 5.36. The number of hydrogen-bond donors (Lipinski definition) is 0. The maximum Gasteiger partial charge on any atom is 0.330 e. The van der Waals surface area contributed by atoms with Crippen LogP contribution in [-0.4, -0.2) is 25.7 Å². The summed E-state index contributed by atoms with van der Waals surface area (Å²) in [6.07, 6.45) is 18.5. The predicted molar refractivity (Wildman–Crippen MR) is 149 cm³/mol. The largest absolute Gasteiger partial charge is 0.469 e. The van der Waals surface area contributed by atoms with Crippen molar-refractivity contribution in [1.82, 2.24) is 0 Å². The molecule has 0 spiro atoms. The first kappa shape index (κ1) is 28.2. The maximum atomic E-state index is 12.8. The van der Waals surface area contributed by atoms with Crippen LogP contribution in [0.1, 0.15) is 92.4 Å². The highest BCUT2D eigenvalue weighted by molar-refractivity contribution is 5.82. The molecule has 0 unspecified atom stereocenters. The van der Waals surface area contributed by atoms with E-state index in [1.165, 1.54) is 32.8 Å². The van der Waals surface area contributed by atoms with Gasteiger partial charge in [0.05, 0.1) is 19.6 Å². The molecule has 0 heterocycles. The Kier molecular flexibility index (Phi) is 8.17. The Morgan fingerprint density at radius 2 is 1.92 bits per heavy atom. The zero-order valence-electron chi connectivity index (χ0n) is 24.2. The minimum absolute atomic E-state index is 0.000196. The van der Waals surface area contributed by atoms with Gasteiger partial charge < -0.3 is 9.47 Å². The van der Waals surface area contributed by atoms with E-state index in [2.05, 4.69) is 53.3 Å². The van der Waals surface area contributed by atoms with Gasteiger partial charge in [0.25, 0.3) is 0 Å². The number of ether oxygens (including phenoxy) is 2. The molecule has 0 aliphatic heterocycles. The molecule has 4 aliphatic carbocycles. The Hall–Kier alpha value is -1.84. The number of hydrogen-bond acceptors (Lipinski definition) is 4. The molecule has 37 heavy (non-hydrogen) atoms. The lowest BCUT2D eigenvalue weighted by Gasteiger charge is -2.59. The number of carbonyl (C=O) groups is 2. The first-order chi connectivity index (χ1) is 17.5. The Morgan fingerprint density at radius 3 is 2.62 bits per heavy atom. The first-order valence-electron chi connectivity index (χ1n) is 14.7. The average molecular weight is 511 g/mol. The van der Waals surface area contributed by atoms with E-state index in [-0.39, 0.29) is 45.9 Å². The standard InChI is InChI=1S/C33H50O4/c1-8-31(4)19-16-26-24(20-31)12-14-27-32(5,17-9-18-33(26,27)6)21-37-28(34)15-11-22(2)25-13-10-23(3)29(25)30(35)36-7/h8,11-12,15,22-23,25-27,29H,1,9-10,13-14,16-21H2,2-7H3/b15-11+/t22-,23+,25-,26+,27+,29-,31+,32+,33-/m1/s1. The summed E-state index contributed by atoms with van der Waals surface area (Å²) in [6, 6.07) is 0. The monoisotopic (exact) mass is 510 g/mol. The Morgan fingerprint density at radius 1 is 1.16 bits per heavy atom. The molecule has 9 atom stereocenters. The van der Waals surface area contributed by atoms with Gasteiger partial charge in [-0.25, -0.2) is 4.79 Å². The van der Waals surface area contributed by atoms with Crippen LogP contribution >= 0.6 is 0 Å². The topological polar surface area (TPSA) is 52.6 Å². The molecule has 4 aliphatic rings. The summed E-state index contributed by atoms with van der Waals surface area (Å²) < 4.78 is 11.0. The van der Waals surface area contributed by atoms with Crippen molar-refractivity contribution in [2.75, 3.05) is 13.7 Å². The summed E-state index contributed by atoms with van der Waals surface area (Å²) in [5, 5.41) is 0. The molecule has 0 aromatic heterocycles. The van der Waals surface area contributed by atoms with Gasteiger partial charge in [0, 0.05) is 11.5 Å². The highest BCUT2D eigenvalue weighted by Crippen LogP contribution is 2.63. The van der Waals surface area contributed by atoms with Gasteiger partial charge in [-0.1, -0.05) is 64.8 Å². The van der Waals surface area contributed by atoms with Crippen molar-refractivity contribution in [3.8, 4) is 0 Å². The van der Waals surface area contributed by atoms with Crippen LogP contribution in [0, 0.1) is 51.8 Å². The number of methoxy groups -OCH3 is 1. The minimum atomic E-state index is -0.257. The van der Waals surface area contributed by atoms with Crippen LogP contribution in [-0.2, 0) is 19.1 Å². The molecule has 4 nitrogen and oxygen atoms in total. The number of rotatable bonds is 7. The predicted octanol–water partition coefficient (Wildman–Crippen LogP) is 7.69. The highest BCUT2D eigenvalue weighted by atomic mass is 16.5. The van der Waals surface area contributed by atoms with E-state index < -0.39 is 0 Å². The molecular weight excluding hydrogens is 460 g/mol. The first-order valence-corrected chi connectivity index (χ1v) is 14.7. The molecular formula is C33H50O4. The van der Waals surface area contributed by atoms with Crippen LogP contribution in [0.5, 0.6) is 0 Å².